The number of halogens is 2. The molecule has 1 unspecified atom stereocenters. The summed E-state index contributed by atoms with van der Waals surface area (Å²) in [6, 6.07) is 12.4. The first kappa shape index (κ1) is 14.2. The Balaban J connectivity index is 2.01. The molecule has 0 bridgehead atoms. The van der Waals surface area contributed by atoms with Crippen LogP contribution in [0, 0.1) is 0 Å². The predicted molar refractivity (Wildman–Crippen MR) is 84.2 cm³/mol. The van der Waals surface area contributed by atoms with Gasteiger partial charge in [-0.3, -0.25) is 0 Å². The van der Waals surface area contributed by atoms with Crippen molar-refractivity contribution in [3.8, 4) is 0 Å². The van der Waals surface area contributed by atoms with Gasteiger partial charge in [-0.25, -0.2) is 4.79 Å². The summed E-state index contributed by atoms with van der Waals surface area (Å²) >= 11 is 12.4. The highest BCUT2D eigenvalue weighted by Crippen LogP contribution is 2.36. The number of carboxylic acid groups (broad SMARTS) is 1. The highest BCUT2D eigenvalue weighted by Gasteiger charge is 2.34. The highest BCUT2D eigenvalue weighted by atomic mass is 35.5. The molecule has 0 saturated carbocycles. The zero-order valence-electron chi connectivity index (χ0n) is 11.1. The quantitative estimate of drug-likeness (QED) is 0.928. The van der Waals surface area contributed by atoms with Gasteiger partial charge in [0.05, 0.1) is 0 Å². The molecule has 5 heteroatoms. The summed E-state index contributed by atoms with van der Waals surface area (Å²) in [5.41, 5.74) is 2.72. The molecule has 0 aliphatic carbocycles. The number of benzene rings is 2. The minimum atomic E-state index is -0.839. The second kappa shape index (κ2) is 5.58. The van der Waals surface area contributed by atoms with Crippen LogP contribution in [0.25, 0.3) is 0 Å². The summed E-state index contributed by atoms with van der Waals surface area (Å²) in [6.07, 6.45) is 0.494. The van der Waals surface area contributed by atoms with Crippen molar-refractivity contribution < 1.29 is 9.90 Å². The lowest BCUT2D eigenvalue weighted by Gasteiger charge is -2.25. The Labute approximate surface area is 132 Å². The van der Waals surface area contributed by atoms with Crippen molar-refractivity contribution in [3.05, 3.63) is 63.6 Å². The number of hydrogen-bond donors (Lipinski definition) is 1. The molecule has 3 nitrogen and oxygen atoms in total. The minimum Gasteiger partial charge on any atom is -0.480 e. The summed E-state index contributed by atoms with van der Waals surface area (Å²) in [7, 11) is 0. The van der Waals surface area contributed by atoms with Crippen LogP contribution in [0.1, 0.15) is 11.1 Å². The van der Waals surface area contributed by atoms with Crippen LogP contribution in [-0.2, 0) is 17.8 Å². The Bertz CT molecular complexity index is 682. The van der Waals surface area contributed by atoms with E-state index in [9.17, 15) is 9.90 Å². The Kier molecular flexibility index (Phi) is 3.79. The molecule has 2 aromatic carbocycles. The molecule has 0 aromatic heterocycles. The minimum absolute atomic E-state index is 0.381. The van der Waals surface area contributed by atoms with Crippen LogP contribution < -0.4 is 4.90 Å². The third-order valence-electron chi connectivity index (χ3n) is 3.77. The molecule has 1 atom stereocenters. The number of fused-ring (bicyclic) bond motifs is 1. The topological polar surface area (TPSA) is 40.5 Å². The van der Waals surface area contributed by atoms with Crippen molar-refractivity contribution in [2.45, 2.75) is 19.0 Å². The van der Waals surface area contributed by atoms with Crippen molar-refractivity contribution in [1.82, 2.24) is 0 Å². The molecule has 2 aromatic rings. The van der Waals surface area contributed by atoms with Gasteiger partial charge in [-0.05, 0) is 23.8 Å². The summed E-state index contributed by atoms with van der Waals surface area (Å²) < 4.78 is 0. The van der Waals surface area contributed by atoms with Crippen LogP contribution in [0.3, 0.4) is 0 Å². The molecular formula is C16H13Cl2NO2. The van der Waals surface area contributed by atoms with Crippen LogP contribution in [0.15, 0.2) is 42.5 Å². The molecule has 108 valence electrons. The first-order chi connectivity index (χ1) is 10.1. The average Bonchev–Trinajstić information content (AvgIpc) is 2.82. The maximum absolute atomic E-state index is 11.5. The Hall–Kier alpha value is -1.71. The molecule has 0 radical (unpaired) electrons. The van der Waals surface area contributed by atoms with E-state index in [4.69, 9.17) is 23.2 Å². The number of rotatable bonds is 3. The zero-order valence-corrected chi connectivity index (χ0v) is 12.6. The molecule has 21 heavy (non-hydrogen) atoms. The van der Waals surface area contributed by atoms with E-state index in [-0.39, 0.29) is 0 Å². The molecule has 1 aliphatic heterocycles. The lowest BCUT2D eigenvalue weighted by atomic mass is 10.1. The van der Waals surface area contributed by atoms with Crippen LogP contribution in [0.4, 0.5) is 5.69 Å². The van der Waals surface area contributed by atoms with Crippen molar-refractivity contribution in [2.24, 2.45) is 0 Å². The van der Waals surface area contributed by atoms with E-state index >= 15 is 0 Å². The van der Waals surface area contributed by atoms with Gasteiger partial charge < -0.3 is 10.0 Å². The van der Waals surface area contributed by atoms with E-state index in [1.54, 1.807) is 18.2 Å². The number of para-hydroxylation sites is 1. The molecule has 0 amide bonds. The van der Waals surface area contributed by atoms with E-state index in [1.807, 2.05) is 29.2 Å². The molecule has 0 fully saturated rings. The van der Waals surface area contributed by atoms with E-state index in [1.165, 1.54) is 0 Å². The van der Waals surface area contributed by atoms with Gasteiger partial charge >= 0.3 is 5.97 Å². The fourth-order valence-corrected chi connectivity index (χ4v) is 3.24. The summed E-state index contributed by atoms with van der Waals surface area (Å²) in [4.78, 5) is 13.4. The second-order valence-corrected chi connectivity index (χ2v) is 5.83. The highest BCUT2D eigenvalue weighted by molar-refractivity contribution is 6.36. The summed E-state index contributed by atoms with van der Waals surface area (Å²) in [5, 5.41) is 10.6. The van der Waals surface area contributed by atoms with Crippen LogP contribution >= 0.6 is 23.2 Å². The number of carbonyl (C=O) groups is 1. The van der Waals surface area contributed by atoms with Crippen molar-refractivity contribution in [1.29, 1.82) is 0 Å². The Morgan fingerprint density at radius 3 is 2.48 bits per heavy atom. The number of anilines is 1. The lowest BCUT2D eigenvalue weighted by molar-refractivity contribution is -0.138. The van der Waals surface area contributed by atoms with Crippen LogP contribution in [0.2, 0.25) is 10.0 Å². The van der Waals surface area contributed by atoms with Gasteiger partial charge in [0.1, 0.15) is 6.04 Å². The fourth-order valence-electron chi connectivity index (χ4n) is 2.72. The SMILES string of the molecule is O=C(O)C1Cc2ccccc2N1Cc1c(Cl)cccc1Cl. The van der Waals surface area contributed by atoms with Gasteiger partial charge in [0.2, 0.25) is 0 Å². The van der Waals surface area contributed by atoms with E-state index in [2.05, 4.69) is 0 Å². The molecule has 1 N–H and O–H groups in total. The van der Waals surface area contributed by atoms with Crippen LogP contribution in [0.5, 0.6) is 0 Å². The van der Waals surface area contributed by atoms with Gasteiger partial charge in [0.25, 0.3) is 0 Å². The smallest absolute Gasteiger partial charge is 0.326 e. The Morgan fingerprint density at radius 1 is 1.14 bits per heavy atom. The molecule has 3 rings (SSSR count). The summed E-state index contributed by atoms with van der Waals surface area (Å²) in [6.45, 7) is 0.381. The van der Waals surface area contributed by atoms with Gasteiger partial charge in [-0.1, -0.05) is 47.5 Å². The Morgan fingerprint density at radius 2 is 1.81 bits per heavy atom. The number of aliphatic carboxylic acids is 1. The van der Waals surface area contributed by atoms with Crippen LogP contribution in [-0.4, -0.2) is 17.1 Å². The largest absolute Gasteiger partial charge is 0.480 e. The van der Waals surface area contributed by atoms with Crippen molar-refractivity contribution in [3.63, 3.8) is 0 Å². The lowest BCUT2D eigenvalue weighted by Crippen LogP contribution is -2.38. The molecule has 0 saturated heterocycles. The average molecular weight is 322 g/mol. The standard InChI is InChI=1S/C16H13Cl2NO2/c17-12-5-3-6-13(18)11(12)9-19-14-7-2-1-4-10(14)8-15(19)16(20)21/h1-7,15H,8-9H2,(H,20,21). The van der Waals surface area contributed by atoms with Gasteiger partial charge in [-0.2, -0.15) is 0 Å². The molecule has 1 heterocycles. The molecule has 1 aliphatic rings. The van der Waals surface area contributed by atoms with Gasteiger partial charge in [0.15, 0.2) is 0 Å². The maximum Gasteiger partial charge on any atom is 0.326 e. The third kappa shape index (κ3) is 2.59. The van der Waals surface area contributed by atoms with E-state index < -0.39 is 12.0 Å². The van der Waals surface area contributed by atoms with E-state index in [0.29, 0.717) is 23.0 Å². The fraction of sp³-hybridized carbons (Fsp3) is 0.188. The summed E-state index contributed by atoms with van der Waals surface area (Å²) in [5.74, 6) is -0.839. The second-order valence-electron chi connectivity index (χ2n) is 5.01. The third-order valence-corrected chi connectivity index (χ3v) is 4.47. The zero-order chi connectivity index (χ0) is 15.0. The first-order valence-electron chi connectivity index (χ1n) is 6.58. The van der Waals surface area contributed by atoms with Gasteiger partial charge in [0, 0.05) is 34.3 Å². The normalized spacial score (nSPS) is 16.9. The first-order valence-corrected chi connectivity index (χ1v) is 7.34. The number of hydrogen-bond acceptors (Lipinski definition) is 2. The number of nitrogens with zero attached hydrogens (tertiary/aromatic N) is 1. The number of carboxylic acids is 1. The monoisotopic (exact) mass is 321 g/mol. The predicted octanol–water partition coefficient (Wildman–Crippen LogP) is 4.01. The molecular weight excluding hydrogens is 309 g/mol. The molecule has 0 spiro atoms. The van der Waals surface area contributed by atoms with E-state index in [0.717, 1.165) is 16.8 Å². The van der Waals surface area contributed by atoms with Crippen molar-refractivity contribution in [2.75, 3.05) is 4.90 Å². The van der Waals surface area contributed by atoms with Gasteiger partial charge in [-0.15, -0.1) is 0 Å². The maximum atomic E-state index is 11.5. The van der Waals surface area contributed by atoms with Crippen molar-refractivity contribution >= 4 is 34.9 Å².